The van der Waals surface area contributed by atoms with E-state index in [1.54, 1.807) is 18.4 Å². The number of benzene rings is 1. The zero-order valence-corrected chi connectivity index (χ0v) is 17.4. The van der Waals surface area contributed by atoms with Crippen LogP contribution in [0.2, 0.25) is 0 Å². The summed E-state index contributed by atoms with van der Waals surface area (Å²) in [5.41, 5.74) is 2.31. The Hall–Kier alpha value is -2.28. The van der Waals surface area contributed by atoms with Crippen molar-refractivity contribution in [3.63, 3.8) is 0 Å². The number of hydrogen-bond acceptors (Lipinski definition) is 5. The SMILES string of the molecule is CN=C(NCc1sc(C)nc1C)NC1CCCN(c2cccc(OC)c2)C1. The smallest absolute Gasteiger partial charge is 0.191 e. The maximum absolute atomic E-state index is 5.36. The van der Waals surface area contributed by atoms with Gasteiger partial charge in [0.05, 0.1) is 24.4 Å². The van der Waals surface area contributed by atoms with E-state index in [1.807, 2.05) is 26.1 Å². The summed E-state index contributed by atoms with van der Waals surface area (Å²) in [6, 6.07) is 8.64. The number of aryl methyl sites for hydroxylation is 2. The highest BCUT2D eigenvalue weighted by Crippen LogP contribution is 2.24. The Bertz CT molecular complexity index is 788. The van der Waals surface area contributed by atoms with E-state index in [0.29, 0.717) is 6.04 Å². The topological polar surface area (TPSA) is 61.8 Å². The van der Waals surface area contributed by atoms with Crippen molar-refractivity contribution in [1.82, 2.24) is 15.6 Å². The molecule has 0 amide bonds. The fourth-order valence-corrected chi connectivity index (χ4v) is 4.30. The van der Waals surface area contributed by atoms with Gasteiger partial charge in [-0.3, -0.25) is 4.99 Å². The van der Waals surface area contributed by atoms with Gasteiger partial charge in [0.25, 0.3) is 0 Å². The van der Waals surface area contributed by atoms with Crippen LogP contribution in [0, 0.1) is 13.8 Å². The quantitative estimate of drug-likeness (QED) is 0.610. The van der Waals surface area contributed by atoms with Crippen LogP contribution >= 0.6 is 11.3 Å². The van der Waals surface area contributed by atoms with E-state index in [9.17, 15) is 0 Å². The third-order valence-corrected chi connectivity index (χ3v) is 5.89. The maximum atomic E-state index is 5.36. The number of guanidine groups is 1. The Morgan fingerprint density at radius 1 is 1.41 bits per heavy atom. The Labute approximate surface area is 165 Å². The largest absolute Gasteiger partial charge is 0.497 e. The maximum Gasteiger partial charge on any atom is 0.191 e. The standard InChI is InChI=1S/C20H29N5OS/c1-14-19(27-15(2)23-14)12-22-20(21-3)24-16-7-6-10-25(13-16)17-8-5-9-18(11-17)26-4/h5,8-9,11,16H,6-7,10,12-13H2,1-4H3,(H2,21,22,24). The summed E-state index contributed by atoms with van der Waals surface area (Å²) in [7, 11) is 3.53. The van der Waals surface area contributed by atoms with Gasteiger partial charge in [-0.25, -0.2) is 4.98 Å². The van der Waals surface area contributed by atoms with Crippen molar-refractivity contribution in [1.29, 1.82) is 0 Å². The first-order chi connectivity index (χ1) is 13.1. The molecule has 1 unspecified atom stereocenters. The first-order valence-corrected chi connectivity index (χ1v) is 10.2. The molecule has 1 aliphatic heterocycles. The van der Waals surface area contributed by atoms with Crippen molar-refractivity contribution in [3.05, 3.63) is 39.8 Å². The number of hydrogen-bond donors (Lipinski definition) is 2. The number of nitrogens with zero attached hydrogens (tertiary/aromatic N) is 3. The average molecular weight is 388 g/mol. The molecule has 0 bridgehead atoms. The van der Waals surface area contributed by atoms with Crippen LogP contribution in [0.5, 0.6) is 5.75 Å². The fraction of sp³-hybridized carbons (Fsp3) is 0.500. The molecule has 1 aromatic heterocycles. The molecule has 3 rings (SSSR count). The molecule has 2 heterocycles. The van der Waals surface area contributed by atoms with Crippen molar-refractivity contribution >= 4 is 23.0 Å². The molecule has 1 aromatic carbocycles. The van der Waals surface area contributed by atoms with Crippen LogP contribution in [0.25, 0.3) is 0 Å². The Morgan fingerprint density at radius 2 is 2.26 bits per heavy atom. The molecule has 0 aliphatic carbocycles. The van der Waals surface area contributed by atoms with Crippen LogP contribution < -0.4 is 20.3 Å². The fourth-order valence-electron chi connectivity index (χ4n) is 3.43. The third kappa shape index (κ3) is 5.13. The summed E-state index contributed by atoms with van der Waals surface area (Å²) in [4.78, 5) is 12.6. The molecule has 1 atom stereocenters. The van der Waals surface area contributed by atoms with Crippen molar-refractivity contribution in [2.45, 2.75) is 39.3 Å². The number of anilines is 1. The number of piperidine rings is 1. The van der Waals surface area contributed by atoms with Gasteiger partial charge in [-0.2, -0.15) is 0 Å². The minimum atomic E-state index is 0.362. The van der Waals surface area contributed by atoms with Crippen LogP contribution in [-0.2, 0) is 6.54 Å². The first-order valence-electron chi connectivity index (χ1n) is 9.38. The average Bonchev–Trinajstić information content (AvgIpc) is 3.02. The van der Waals surface area contributed by atoms with Crippen molar-refractivity contribution in [2.24, 2.45) is 4.99 Å². The number of ether oxygens (including phenoxy) is 1. The molecule has 2 aromatic rings. The normalized spacial score (nSPS) is 17.7. The highest BCUT2D eigenvalue weighted by Gasteiger charge is 2.21. The van der Waals surface area contributed by atoms with Gasteiger partial charge in [0.15, 0.2) is 5.96 Å². The van der Waals surface area contributed by atoms with E-state index in [4.69, 9.17) is 4.74 Å². The van der Waals surface area contributed by atoms with Crippen LogP contribution in [0.15, 0.2) is 29.3 Å². The molecular weight excluding hydrogens is 358 g/mol. The second-order valence-electron chi connectivity index (χ2n) is 6.80. The number of rotatable bonds is 5. The molecule has 0 saturated carbocycles. The van der Waals surface area contributed by atoms with E-state index < -0.39 is 0 Å². The lowest BCUT2D eigenvalue weighted by Gasteiger charge is -2.35. The van der Waals surface area contributed by atoms with Crippen molar-refractivity contribution in [3.8, 4) is 5.75 Å². The van der Waals surface area contributed by atoms with Gasteiger partial charge < -0.3 is 20.3 Å². The Morgan fingerprint density at radius 3 is 2.96 bits per heavy atom. The lowest BCUT2D eigenvalue weighted by Crippen LogP contribution is -2.51. The van der Waals surface area contributed by atoms with Crippen molar-refractivity contribution in [2.75, 3.05) is 32.1 Å². The molecule has 27 heavy (non-hydrogen) atoms. The van der Waals surface area contributed by atoms with Gasteiger partial charge in [0, 0.05) is 42.8 Å². The summed E-state index contributed by atoms with van der Waals surface area (Å²) >= 11 is 1.74. The molecule has 0 radical (unpaired) electrons. The predicted molar refractivity (Wildman–Crippen MR) is 113 cm³/mol. The third-order valence-electron chi connectivity index (χ3n) is 4.82. The molecule has 2 N–H and O–H groups in total. The first kappa shape index (κ1) is 19.5. The second kappa shape index (κ2) is 9.08. The van der Waals surface area contributed by atoms with Crippen LogP contribution in [0.4, 0.5) is 5.69 Å². The highest BCUT2D eigenvalue weighted by molar-refractivity contribution is 7.11. The zero-order valence-electron chi connectivity index (χ0n) is 16.6. The summed E-state index contributed by atoms with van der Waals surface area (Å²) in [5.74, 6) is 1.74. The number of methoxy groups -OCH3 is 1. The van der Waals surface area contributed by atoms with E-state index in [1.165, 1.54) is 10.6 Å². The van der Waals surface area contributed by atoms with Crippen LogP contribution in [0.1, 0.15) is 28.4 Å². The highest BCUT2D eigenvalue weighted by atomic mass is 32.1. The number of aromatic nitrogens is 1. The van der Waals surface area contributed by atoms with Crippen LogP contribution in [-0.4, -0.2) is 44.2 Å². The summed E-state index contributed by atoms with van der Waals surface area (Å²) in [5, 5.41) is 8.12. The van der Waals surface area contributed by atoms with Crippen LogP contribution in [0.3, 0.4) is 0 Å². The van der Waals surface area contributed by atoms with Crippen molar-refractivity contribution < 1.29 is 4.74 Å². The molecule has 146 valence electrons. The molecule has 1 aliphatic rings. The minimum absolute atomic E-state index is 0.362. The molecule has 1 saturated heterocycles. The molecule has 7 heteroatoms. The lowest BCUT2D eigenvalue weighted by molar-refractivity contribution is 0.414. The number of thiazole rings is 1. The van der Waals surface area contributed by atoms with E-state index in [0.717, 1.165) is 54.9 Å². The van der Waals surface area contributed by atoms with E-state index >= 15 is 0 Å². The minimum Gasteiger partial charge on any atom is -0.497 e. The molecular formula is C20H29N5OS. The van der Waals surface area contributed by atoms with E-state index in [2.05, 4.69) is 44.6 Å². The van der Waals surface area contributed by atoms with E-state index in [-0.39, 0.29) is 0 Å². The van der Waals surface area contributed by atoms with Gasteiger partial charge in [-0.15, -0.1) is 11.3 Å². The van der Waals surface area contributed by atoms with Gasteiger partial charge in [0.1, 0.15) is 5.75 Å². The lowest BCUT2D eigenvalue weighted by atomic mass is 10.0. The summed E-state index contributed by atoms with van der Waals surface area (Å²) in [6.07, 6.45) is 2.29. The van der Waals surface area contributed by atoms with Gasteiger partial charge >= 0.3 is 0 Å². The van der Waals surface area contributed by atoms with Gasteiger partial charge in [-0.1, -0.05) is 6.07 Å². The number of nitrogens with one attached hydrogen (secondary N) is 2. The Balaban J connectivity index is 1.57. The number of aliphatic imine (C=N–C) groups is 1. The monoisotopic (exact) mass is 387 g/mol. The zero-order chi connectivity index (χ0) is 19.2. The summed E-state index contributed by atoms with van der Waals surface area (Å²) in [6.45, 7) is 6.87. The predicted octanol–water partition coefficient (Wildman–Crippen LogP) is 3.10. The molecule has 1 fully saturated rings. The van der Waals surface area contributed by atoms with Gasteiger partial charge in [0.2, 0.25) is 0 Å². The molecule has 0 spiro atoms. The summed E-state index contributed by atoms with van der Waals surface area (Å²) < 4.78 is 5.36. The van der Waals surface area contributed by atoms with Gasteiger partial charge in [-0.05, 0) is 38.8 Å². The molecule has 6 nitrogen and oxygen atoms in total. The second-order valence-corrected chi connectivity index (χ2v) is 8.09. The Kier molecular flexibility index (Phi) is 6.55.